The van der Waals surface area contributed by atoms with Gasteiger partial charge < -0.3 is 25.6 Å². The van der Waals surface area contributed by atoms with Crippen LogP contribution in [0.2, 0.25) is 0 Å². The molecule has 0 aliphatic heterocycles. The lowest BCUT2D eigenvalue weighted by molar-refractivity contribution is -0.143. The quantitative estimate of drug-likeness (QED) is 0.0594. The molecule has 0 saturated carbocycles. The minimum absolute atomic E-state index is 0.0184. The lowest BCUT2D eigenvalue weighted by Crippen LogP contribution is -2.44. The topological polar surface area (TPSA) is 150 Å². The van der Waals surface area contributed by atoms with Crippen molar-refractivity contribution in [2.24, 2.45) is 0 Å². The number of Topliss-reactive ketones (excluding diaryl/α,β-unsaturated/α-hetero) is 1. The monoisotopic (exact) mass is 610 g/mol. The smallest absolute Gasteiger partial charge is 0.326 e. The predicted molar refractivity (Wildman–Crippen MR) is 171 cm³/mol. The Balaban J connectivity index is 3.76. The van der Waals surface area contributed by atoms with Crippen molar-refractivity contribution in [2.75, 3.05) is 0 Å². The van der Waals surface area contributed by atoms with Gasteiger partial charge in [-0.15, -0.1) is 0 Å². The third-order valence-corrected chi connectivity index (χ3v) is 7.97. The molecule has 0 aromatic heterocycles. The number of aliphatic carboxylic acids is 2. The van der Waals surface area contributed by atoms with Gasteiger partial charge in [-0.1, -0.05) is 129 Å². The molecule has 0 saturated heterocycles. The first-order valence-corrected chi connectivity index (χ1v) is 17.2. The van der Waals surface area contributed by atoms with Crippen molar-refractivity contribution in [2.45, 2.75) is 186 Å². The highest BCUT2D eigenvalue weighted by atomic mass is 16.4. The molecule has 0 unspecified atom stereocenters. The minimum atomic E-state index is -1.26. The standard InChI is InChI=1S/C34H62N2O7/c1-3-4-5-6-7-8-9-10-11-12-13-14-15-16-17-18-19-20-21-22-23-31(38)35-30(34(42)43)26-27-32(39)36-29(33(40)41)25-24-28(2)37/h29-30H,3-27H2,1-2H3,(H,35,38)(H,36,39)(H,40,41)(H,42,43)/t29-,30-/m0/s1. The van der Waals surface area contributed by atoms with Gasteiger partial charge in [0.1, 0.15) is 17.9 Å². The Kier molecular flexibility index (Phi) is 26.7. The summed E-state index contributed by atoms with van der Waals surface area (Å²) in [6.45, 7) is 3.60. The Bertz CT molecular complexity index is 772. The fourth-order valence-electron chi connectivity index (χ4n) is 5.21. The molecule has 0 aromatic carbocycles. The summed E-state index contributed by atoms with van der Waals surface area (Å²) in [7, 11) is 0. The molecule has 43 heavy (non-hydrogen) atoms. The number of rotatable bonds is 31. The van der Waals surface area contributed by atoms with E-state index in [1.54, 1.807) is 0 Å². The van der Waals surface area contributed by atoms with Gasteiger partial charge in [-0.25, -0.2) is 9.59 Å². The summed E-state index contributed by atoms with van der Waals surface area (Å²) in [5.74, 6) is -3.68. The molecule has 0 heterocycles. The van der Waals surface area contributed by atoms with Gasteiger partial charge in [0.2, 0.25) is 11.8 Å². The number of carboxylic acids is 2. The molecular formula is C34H62N2O7. The van der Waals surface area contributed by atoms with Gasteiger partial charge in [0.05, 0.1) is 0 Å². The lowest BCUT2D eigenvalue weighted by Gasteiger charge is -2.16. The average Bonchev–Trinajstić information content (AvgIpc) is 2.95. The van der Waals surface area contributed by atoms with Crippen LogP contribution in [0.1, 0.15) is 174 Å². The zero-order valence-corrected chi connectivity index (χ0v) is 27.3. The highest BCUT2D eigenvalue weighted by Crippen LogP contribution is 2.15. The molecule has 2 atom stereocenters. The lowest BCUT2D eigenvalue weighted by atomic mass is 10.0. The van der Waals surface area contributed by atoms with Gasteiger partial charge in [-0.2, -0.15) is 0 Å². The van der Waals surface area contributed by atoms with E-state index in [1.165, 1.54) is 110 Å². The van der Waals surface area contributed by atoms with Crippen LogP contribution in [-0.4, -0.2) is 51.8 Å². The van der Waals surface area contributed by atoms with Crippen LogP contribution in [0, 0.1) is 0 Å². The van der Waals surface area contributed by atoms with Crippen molar-refractivity contribution < 1.29 is 34.2 Å². The fourth-order valence-corrected chi connectivity index (χ4v) is 5.21. The first-order chi connectivity index (χ1) is 20.7. The third kappa shape index (κ3) is 26.9. The summed E-state index contributed by atoms with van der Waals surface area (Å²) in [6.07, 6.45) is 25.4. The maximum Gasteiger partial charge on any atom is 0.326 e. The van der Waals surface area contributed by atoms with Crippen LogP contribution in [0.3, 0.4) is 0 Å². The molecule has 0 bridgehead atoms. The Morgan fingerprint density at radius 3 is 1.09 bits per heavy atom. The van der Waals surface area contributed by atoms with Crippen molar-refractivity contribution in [3.63, 3.8) is 0 Å². The van der Waals surface area contributed by atoms with E-state index in [-0.39, 0.29) is 43.8 Å². The number of nitrogens with one attached hydrogen (secondary N) is 2. The molecule has 250 valence electrons. The summed E-state index contributed by atoms with van der Waals surface area (Å²) in [4.78, 5) is 58.2. The molecule has 0 fully saturated rings. The number of carboxylic acid groups (broad SMARTS) is 2. The molecule has 9 nitrogen and oxygen atoms in total. The van der Waals surface area contributed by atoms with Gasteiger partial charge in [0.25, 0.3) is 0 Å². The third-order valence-electron chi connectivity index (χ3n) is 7.97. The van der Waals surface area contributed by atoms with Crippen LogP contribution in [0.15, 0.2) is 0 Å². The maximum atomic E-state index is 12.2. The molecule has 4 N–H and O–H groups in total. The largest absolute Gasteiger partial charge is 0.480 e. The van der Waals surface area contributed by atoms with E-state index < -0.39 is 29.9 Å². The van der Waals surface area contributed by atoms with Gasteiger partial charge >= 0.3 is 11.9 Å². The summed E-state index contributed by atoms with van der Waals surface area (Å²) >= 11 is 0. The van der Waals surface area contributed by atoms with E-state index in [9.17, 15) is 34.2 Å². The van der Waals surface area contributed by atoms with E-state index in [0.29, 0.717) is 6.42 Å². The normalized spacial score (nSPS) is 12.4. The highest BCUT2D eigenvalue weighted by Gasteiger charge is 2.24. The van der Waals surface area contributed by atoms with Crippen LogP contribution in [0.25, 0.3) is 0 Å². The van der Waals surface area contributed by atoms with Crippen LogP contribution in [-0.2, 0) is 24.0 Å². The first kappa shape index (κ1) is 40.5. The van der Waals surface area contributed by atoms with Crippen molar-refractivity contribution in [1.29, 1.82) is 0 Å². The summed E-state index contributed by atoms with van der Waals surface area (Å²) in [6, 6.07) is -2.43. The Morgan fingerprint density at radius 1 is 0.465 bits per heavy atom. The molecular weight excluding hydrogens is 548 g/mol. The van der Waals surface area contributed by atoms with Gasteiger partial charge in [0, 0.05) is 19.3 Å². The molecule has 0 rings (SSSR count). The minimum Gasteiger partial charge on any atom is -0.480 e. The van der Waals surface area contributed by atoms with Crippen molar-refractivity contribution in [3.8, 4) is 0 Å². The number of ketones is 1. The van der Waals surface area contributed by atoms with Gasteiger partial charge in [0.15, 0.2) is 0 Å². The van der Waals surface area contributed by atoms with Crippen LogP contribution in [0.4, 0.5) is 0 Å². The van der Waals surface area contributed by atoms with Crippen molar-refractivity contribution in [3.05, 3.63) is 0 Å². The van der Waals surface area contributed by atoms with Gasteiger partial charge in [-0.3, -0.25) is 9.59 Å². The maximum absolute atomic E-state index is 12.2. The summed E-state index contributed by atoms with van der Waals surface area (Å²) in [5, 5.41) is 23.4. The molecule has 0 spiro atoms. The molecule has 0 aromatic rings. The van der Waals surface area contributed by atoms with E-state index in [2.05, 4.69) is 17.6 Å². The fraction of sp³-hybridized carbons (Fsp3) is 0.853. The molecule has 0 aliphatic carbocycles. The van der Waals surface area contributed by atoms with Crippen LogP contribution < -0.4 is 10.6 Å². The average molecular weight is 611 g/mol. The van der Waals surface area contributed by atoms with E-state index in [4.69, 9.17) is 0 Å². The molecule has 2 amide bonds. The Labute approximate surface area is 260 Å². The molecule has 0 radical (unpaired) electrons. The first-order valence-electron chi connectivity index (χ1n) is 17.2. The van der Waals surface area contributed by atoms with E-state index >= 15 is 0 Å². The van der Waals surface area contributed by atoms with Crippen LogP contribution >= 0.6 is 0 Å². The number of amides is 2. The zero-order valence-electron chi connectivity index (χ0n) is 27.3. The van der Waals surface area contributed by atoms with E-state index in [0.717, 1.165) is 19.3 Å². The summed E-state index contributed by atoms with van der Waals surface area (Å²) < 4.78 is 0. The van der Waals surface area contributed by atoms with Crippen molar-refractivity contribution >= 4 is 29.5 Å². The number of carbonyl (C=O) groups is 5. The Hall–Kier alpha value is -2.45. The number of hydrogen-bond acceptors (Lipinski definition) is 5. The second-order valence-electron chi connectivity index (χ2n) is 12.2. The number of unbranched alkanes of at least 4 members (excludes halogenated alkanes) is 19. The molecule has 9 heteroatoms. The highest BCUT2D eigenvalue weighted by molar-refractivity contribution is 5.86. The number of hydrogen-bond donors (Lipinski definition) is 4. The van der Waals surface area contributed by atoms with E-state index in [1.807, 2.05) is 0 Å². The van der Waals surface area contributed by atoms with Crippen LogP contribution in [0.5, 0.6) is 0 Å². The SMILES string of the molecule is CCCCCCCCCCCCCCCCCCCCCCC(=O)N[C@@H](CCC(=O)N[C@@H](CCC(C)=O)C(=O)O)C(=O)O. The number of carbonyl (C=O) groups excluding carboxylic acids is 3. The molecule has 0 aliphatic rings. The second kappa shape index (κ2) is 28.3. The summed E-state index contributed by atoms with van der Waals surface area (Å²) in [5.41, 5.74) is 0. The van der Waals surface area contributed by atoms with Gasteiger partial charge in [-0.05, 0) is 26.2 Å². The Morgan fingerprint density at radius 2 is 0.767 bits per heavy atom. The second-order valence-corrected chi connectivity index (χ2v) is 12.2. The zero-order chi connectivity index (χ0) is 32.1. The van der Waals surface area contributed by atoms with Crippen molar-refractivity contribution in [1.82, 2.24) is 10.6 Å². The predicted octanol–water partition coefficient (Wildman–Crippen LogP) is 7.49.